The molecule has 0 fully saturated rings. The van der Waals surface area contributed by atoms with Crippen molar-refractivity contribution in [2.75, 3.05) is 6.61 Å². The van der Waals surface area contributed by atoms with Gasteiger partial charge in [0.25, 0.3) is 0 Å². The Labute approximate surface area is 145 Å². The van der Waals surface area contributed by atoms with Crippen LogP contribution in [0.15, 0.2) is 41.4 Å². The van der Waals surface area contributed by atoms with Crippen LogP contribution >= 0.6 is 23.6 Å². The topological polar surface area (TPSA) is 62.1 Å². The standard InChI is InChI=1S/C17H18N2O2S2/c1-4-8-17(10-18)14(12-7-6-9-23-12)13(15(20)21-5-2)11(3)19-16(17)22/h4,6-7,9,14H,1,5,8H2,2-3H3,(H,19,22)/t14-,17-/m0/s1. The van der Waals surface area contributed by atoms with E-state index in [4.69, 9.17) is 17.0 Å². The number of nitriles is 1. The van der Waals surface area contributed by atoms with Crippen molar-refractivity contribution in [1.29, 1.82) is 5.26 Å². The van der Waals surface area contributed by atoms with E-state index >= 15 is 0 Å². The number of hydrogen-bond acceptors (Lipinski definition) is 5. The van der Waals surface area contributed by atoms with E-state index in [1.165, 1.54) is 11.3 Å². The molecule has 6 heteroatoms. The summed E-state index contributed by atoms with van der Waals surface area (Å²) in [6, 6.07) is 6.17. The van der Waals surface area contributed by atoms with Gasteiger partial charge < -0.3 is 10.1 Å². The Morgan fingerprint density at radius 1 is 1.70 bits per heavy atom. The molecule has 1 aliphatic heterocycles. The Hall–Kier alpha value is -1.97. The smallest absolute Gasteiger partial charge is 0.336 e. The molecule has 0 amide bonds. The monoisotopic (exact) mass is 346 g/mol. The molecule has 120 valence electrons. The summed E-state index contributed by atoms with van der Waals surface area (Å²) in [5, 5.41) is 14.9. The number of carbonyl (C=O) groups excluding carboxylic acids is 1. The van der Waals surface area contributed by atoms with Gasteiger partial charge in [-0.25, -0.2) is 4.79 Å². The number of allylic oxidation sites excluding steroid dienone is 2. The number of carbonyl (C=O) groups is 1. The number of hydrogen-bond donors (Lipinski definition) is 1. The molecular weight excluding hydrogens is 328 g/mol. The highest BCUT2D eigenvalue weighted by Gasteiger charge is 2.51. The summed E-state index contributed by atoms with van der Waals surface area (Å²) in [6.07, 6.45) is 2.02. The maximum absolute atomic E-state index is 12.5. The highest BCUT2D eigenvalue weighted by Crippen LogP contribution is 2.49. The summed E-state index contributed by atoms with van der Waals surface area (Å²) in [5.41, 5.74) is 0.0666. The summed E-state index contributed by atoms with van der Waals surface area (Å²) < 4.78 is 5.22. The molecule has 2 atom stereocenters. The van der Waals surface area contributed by atoms with Crippen molar-refractivity contribution in [1.82, 2.24) is 5.32 Å². The number of nitrogens with one attached hydrogen (secondary N) is 1. The highest BCUT2D eigenvalue weighted by atomic mass is 32.1. The average Bonchev–Trinajstić information content (AvgIpc) is 3.03. The van der Waals surface area contributed by atoms with Gasteiger partial charge in [0.05, 0.1) is 24.2 Å². The molecule has 2 rings (SSSR count). The third-order valence-electron chi connectivity index (χ3n) is 3.88. The van der Waals surface area contributed by atoms with Gasteiger partial charge in [0.1, 0.15) is 10.4 Å². The van der Waals surface area contributed by atoms with E-state index < -0.39 is 17.3 Å². The second-order valence-electron chi connectivity index (χ2n) is 5.24. The first-order valence-electron chi connectivity index (χ1n) is 7.26. The molecule has 0 aliphatic carbocycles. The molecule has 0 unspecified atom stereocenters. The third kappa shape index (κ3) is 2.94. The molecule has 2 heterocycles. The molecular formula is C17H18N2O2S2. The van der Waals surface area contributed by atoms with E-state index in [0.29, 0.717) is 22.7 Å². The van der Waals surface area contributed by atoms with Crippen LogP contribution in [0, 0.1) is 16.7 Å². The molecule has 23 heavy (non-hydrogen) atoms. The quantitative estimate of drug-likeness (QED) is 0.500. The van der Waals surface area contributed by atoms with Crippen LogP contribution in [0.3, 0.4) is 0 Å². The fraction of sp³-hybridized carbons (Fsp3) is 0.353. The van der Waals surface area contributed by atoms with E-state index in [0.717, 1.165) is 4.88 Å². The highest BCUT2D eigenvalue weighted by molar-refractivity contribution is 7.80. The Morgan fingerprint density at radius 2 is 2.43 bits per heavy atom. The molecule has 0 bridgehead atoms. The molecule has 1 N–H and O–H groups in total. The normalized spacial score (nSPS) is 23.9. The van der Waals surface area contributed by atoms with Gasteiger partial charge in [0.2, 0.25) is 0 Å². The fourth-order valence-electron chi connectivity index (χ4n) is 2.86. The maximum atomic E-state index is 12.5. The predicted octanol–water partition coefficient (Wildman–Crippen LogP) is 3.69. The average molecular weight is 346 g/mol. The first-order chi connectivity index (χ1) is 11.0. The second-order valence-corrected chi connectivity index (χ2v) is 6.63. The Kier molecular flexibility index (Phi) is 5.34. The maximum Gasteiger partial charge on any atom is 0.336 e. The molecule has 0 saturated carbocycles. The van der Waals surface area contributed by atoms with Crippen LogP contribution in [-0.4, -0.2) is 17.6 Å². The van der Waals surface area contributed by atoms with Crippen LogP contribution in [0.5, 0.6) is 0 Å². The molecule has 0 aromatic carbocycles. The number of thiophene rings is 1. The summed E-state index contributed by atoms with van der Waals surface area (Å²) >= 11 is 6.97. The number of rotatable bonds is 5. The van der Waals surface area contributed by atoms with Crippen LogP contribution in [0.2, 0.25) is 0 Å². The van der Waals surface area contributed by atoms with Crippen molar-refractivity contribution in [3.05, 3.63) is 46.3 Å². The lowest BCUT2D eigenvalue weighted by Crippen LogP contribution is -2.48. The Bertz CT molecular complexity index is 701. The van der Waals surface area contributed by atoms with E-state index in [-0.39, 0.29) is 6.61 Å². The van der Waals surface area contributed by atoms with Crippen molar-refractivity contribution < 1.29 is 9.53 Å². The number of ether oxygens (including phenoxy) is 1. The third-order valence-corrected chi connectivity index (χ3v) is 5.28. The van der Waals surface area contributed by atoms with Crippen molar-refractivity contribution in [3.8, 4) is 6.07 Å². The van der Waals surface area contributed by atoms with Gasteiger partial charge in [-0.15, -0.1) is 17.9 Å². The molecule has 4 nitrogen and oxygen atoms in total. The minimum Gasteiger partial charge on any atom is -0.463 e. The zero-order valence-electron chi connectivity index (χ0n) is 13.1. The SMILES string of the molecule is C=CC[C@@]1(C#N)C(=S)NC(C)=C(C(=O)OCC)[C@@H]1c1cccs1. The van der Waals surface area contributed by atoms with E-state index in [2.05, 4.69) is 18.0 Å². The summed E-state index contributed by atoms with van der Waals surface area (Å²) in [7, 11) is 0. The van der Waals surface area contributed by atoms with Crippen LogP contribution in [0.1, 0.15) is 31.1 Å². The largest absolute Gasteiger partial charge is 0.463 e. The van der Waals surface area contributed by atoms with Crippen molar-refractivity contribution in [3.63, 3.8) is 0 Å². The fourth-order valence-corrected chi connectivity index (χ4v) is 4.19. The second kappa shape index (κ2) is 7.07. The van der Waals surface area contributed by atoms with Gasteiger partial charge in [-0.1, -0.05) is 24.4 Å². The summed E-state index contributed by atoms with van der Waals surface area (Å²) in [6.45, 7) is 7.58. The van der Waals surface area contributed by atoms with Crippen LogP contribution in [-0.2, 0) is 9.53 Å². The minimum absolute atomic E-state index is 0.276. The number of esters is 1. The van der Waals surface area contributed by atoms with Crippen LogP contribution in [0.4, 0.5) is 0 Å². The van der Waals surface area contributed by atoms with Gasteiger partial charge >= 0.3 is 5.97 Å². The van der Waals surface area contributed by atoms with Gasteiger partial charge in [-0.2, -0.15) is 5.26 Å². The minimum atomic E-state index is -1.04. The van der Waals surface area contributed by atoms with Crippen molar-refractivity contribution in [2.24, 2.45) is 5.41 Å². The first kappa shape index (κ1) is 17.4. The van der Waals surface area contributed by atoms with Gasteiger partial charge in [0, 0.05) is 10.6 Å². The molecule has 0 spiro atoms. The molecule has 1 aromatic heterocycles. The molecule has 0 radical (unpaired) electrons. The Balaban J connectivity index is 2.70. The summed E-state index contributed by atoms with van der Waals surface area (Å²) in [4.78, 5) is 13.9. The number of nitrogens with zero attached hydrogens (tertiary/aromatic N) is 1. The van der Waals surface area contributed by atoms with E-state index in [9.17, 15) is 10.1 Å². The van der Waals surface area contributed by atoms with E-state index in [1.54, 1.807) is 19.9 Å². The lowest BCUT2D eigenvalue weighted by atomic mass is 9.67. The van der Waals surface area contributed by atoms with Gasteiger partial charge in [-0.05, 0) is 31.7 Å². The lowest BCUT2D eigenvalue weighted by molar-refractivity contribution is -0.139. The summed E-state index contributed by atoms with van der Waals surface area (Å²) in [5.74, 6) is -0.875. The van der Waals surface area contributed by atoms with Crippen LogP contribution in [0.25, 0.3) is 0 Å². The van der Waals surface area contributed by atoms with Crippen molar-refractivity contribution in [2.45, 2.75) is 26.2 Å². The number of thiocarbonyl (C=S) groups is 1. The van der Waals surface area contributed by atoms with Crippen LogP contribution < -0.4 is 5.32 Å². The van der Waals surface area contributed by atoms with Gasteiger partial charge in [-0.3, -0.25) is 0 Å². The van der Waals surface area contributed by atoms with E-state index in [1.807, 2.05) is 17.5 Å². The first-order valence-corrected chi connectivity index (χ1v) is 8.55. The molecule has 1 aromatic rings. The molecule has 1 aliphatic rings. The zero-order valence-corrected chi connectivity index (χ0v) is 14.7. The molecule has 0 saturated heterocycles. The lowest BCUT2D eigenvalue weighted by Gasteiger charge is -2.40. The zero-order chi connectivity index (χ0) is 17.0. The van der Waals surface area contributed by atoms with Gasteiger partial charge in [0.15, 0.2) is 0 Å². The van der Waals surface area contributed by atoms with Crippen molar-refractivity contribution >= 4 is 34.5 Å². The predicted molar refractivity (Wildman–Crippen MR) is 95.0 cm³/mol. The Morgan fingerprint density at radius 3 is 2.96 bits per heavy atom.